The third-order valence-corrected chi connectivity index (χ3v) is 5.63. The number of benzene rings is 3. The van der Waals surface area contributed by atoms with Crippen LogP contribution >= 0.6 is 12.2 Å². The van der Waals surface area contributed by atoms with Crippen molar-refractivity contribution in [2.45, 2.75) is 33.4 Å². The molecule has 4 rings (SSSR count). The molecule has 3 aromatic rings. The summed E-state index contributed by atoms with van der Waals surface area (Å²) in [7, 11) is 0. The Balaban J connectivity index is 1.62. The van der Waals surface area contributed by atoms with Crippen LogP contribution in [0, 0.1) is 16.7 Å². The van der Waals surface area contributed by atoms with Crippen molar-refractivity contribution in [2.75, 3.05) is 0 Å². The Morgan fingerprint density at radius 2 is 1.77 bits per heavy atom. The van der Waals surface area contributed by atoms with Crippen molar-refractivity contribution in [3.63, 3.8) is 0 Å². The van der Waals surface area contributed by atoms with Gasteiger partial charge in [-0.2, -0.15) is 5.26 Å². The minimum atomic E-state index is -0.311. The number of hydrogen-bond donors (Lipinski definition) is 2. The van der Waals surface area contributed by atoms with Gasteiger partial charge in [0.05, 0.1) is 17.7 Å². The lowest BCUT2D eigenvalue weighted by molar-refractivity contribution is 0.307. The molecule has 1 aliphatic heterocycles. The van der Waals surface area contributed by atoms with E-state index in [1.807, 2.05) is 36.4 Å². The largest absolute Gasteiger partial charge is 0.489 e. The molecule has 0 aromatic heterocycles. The quantitative estimate of drug-likeness (QED) is 0.518. The molecule has 156 valence electrons. The second kappa shape index (κ2) is 8.41. The molecule has 0 fully saturated rings. The molecule has 2 N–H and O–H groups in total. The number of nitrogens with zero attached hydrogens (tertiary/aromatic N) is 1. The van der Waals surface area contributed by atoms with Gasteiger partial charge in [-0.3, -0.25) is 0 Å². The maximum absolute atomic E-state index is 9.90. The number of allylic oxidation sites excluding steroid dienone is 1. The molecule has 4 nitrogen and oxygen atoms in total. The van der Waals surface area contributed by atoms with Gasteiger partial charge in [-0.05, 0) is 46.2 Å². The first kappa shape index (κ1) is 20.9. The van der Waals surface area contributed by atoms with E-state index >= 15 is 0 Å². The van der Waals surface area contributed by atoms with Crippen LogP contribution in [0.4, 0.5) is 0 Å². The van der Waals surface area contributed by atoms with Gasteiger partial charge in [0.25, 0.3) is 0 Å². The van der Waals surface area contributed by atoms with Crippen LogP contribution in [-0.4, -0.2) is 5.11 Å². The number of thiocarbonyl (C=S) groups is 1. The zero-order chi connectivity index (χ0) is 22.0. The summed E-state index contributed by atoms with van der Waals surface area (Å²) < 4.78 is 6.15. The Hall–Kier alpha value is -3.36. The summed E-state index contributed by atoms with van der Waals surface area (Å²) in [6.07, 6.45) is 0. The molecule has 0 saturated carbocycles. The number of ether oxygens (including phenoxy) is 1. The third kappa shape index (κ3) is 4.40. The SMILES string of the molecule is CC(C)(C)C1=C(C#N)[C@@H](c2cccc(OCc3cccc4ccccc34)c2)NC(=S)N1. The highest BCUT2D eigenvalue weighted by atomic mass is 32.1. The maximum atomic E-state index is 9.90. The first-order valence-electron chi connectivity index (χ1n) is 10.3. The van der Waals surface area contributed by atoms with Crippen molar-refractivity contribution in [1.82, 2.24) is 10.6 Å². The summed E-state index contributed by atoms with van der Waals surface area (Å²) in [4.78, 5) is 0. The predicted molar refractivity (Wildman–Crippen MR) is 128 cm³/mol. The lowest BCUT2D eigenvalue weighted by atomic mass is 9.84. The molecule has 0 radical (unpaired) electrons. The fourth-order valence-electron chi connectivity index (χ4n) is 3.89. The predicted octanol–water partition coefficient (Wildman–Crippen LogP) is 5.76. The fourth-order valence-corrected chi connectivity index (χ4v) is 4.11. The van der Waals surface area contributed by atoms with Crippen LogP contribution in [0.15, 0.2) is 78.0 Å². The van der Waals surface area contributed by atoms with Gasteiger partial charge in [-0.15, -0.1) is 0 Å². The van der Waals surface area contributed by atoms with Crippen molar-refractivity contribution >= 4 is 28.1 Å². The van der Waals surface area contributed by atoms with Gasteiger partial charge in [0, 0.05) is 11.1 Å². The summed E-state index contributed by atoms with van der Waals surface area (Å²) in [6.45, 7) is 6.68. The second-order valence-electron chi connectivity index (χ2n) is 8.68. The van der Waals surface area contributed by atoms with Crippen molar-refractivity contribution in [2.24, 2.45) is 5.41 Å². The molecular weight excluding hydrogens is 402 g/mol. The summed E-state index contributed by atoms with van der Waals surface area (Å²) in [5.74, 6) is 0.756. The molecule has 3 aromatic carbocycles. The van der Waals surface area contributed by atoms with Crippen LogP contribution < -0.4 is 15.4 Å². The summed E-state index contributed by atoms with van der Waals surface area (Å²) in [5.41, 5.74) is 3.35. The smallest absolute Gasteiger partial charge is 0.171 e. The highest BCUT2D eigenvalue weighted by Gasteiger charge is 2.32. The number of fused-ring (bicyclic) bond motifs is 1. The van der Waals surface area contributed by atoms with Gasteiger partial charge < -0.3 is 15.4 Å². The zero-order valence-electron chi connectivity index (χ0n) is 17.9. The van der Waals surface area contributed by atoms with Crippen molar-refractivity contribution < 1.29 is 4.74 Å². The molecule has 0 aliphatic carbocycles. The highest BCUT2D eigenvalue weighted by Crippen LogP contribution is 2.35. The minimum Gasteiger partial charge on any atom is -0.489 e. The number of nitrogens with one attached hydrogen (secondary N) is 2. The van der Waals surface area contributed by atoms with Crippen molar-refractivity contribution in [3.8, 4) is 11.8 Å². The Kier molecular flexibility index (Phi) is 5.67. The summed E-state index contributed by atoms with van der Waals surface area (Å²) in [5, 5.41) is 19.2. The molecular formula is C26H25N3OS. The third-order valence-electron chi connectivity index (χ3n) is 5.41. The monoisotopic (exact) mass is 427 g/mol. The van der Waals surface area contributed by atoms with E-state index in [0.717, 1.165) is 22.6 Å². The average Bonchev–Trinajstić information content (AvgIpc) is 2.76. The molecule has 1 aliphatic rings. The van der Waals surface area contributed by atoms with E-state index in [-0.39, 0.29) is 11.5 Å². The van der Waals surface area contributed by atoms with Crippen molar-refractivity contribution in [1.29, 1.82) is 5.26 Å². The Morgan fingerprint density at radius 3 is 2.55 bits per heavy atom. The molecule has 0 spiro atoms. The van der Waals surface area contributed by atoms with E-state index in [2.05, 4.69) is 67.8 Å². The lowest BCUT2D eigenvalue weighted by Crippen LogP contribution is -2.46. The number of rotatable bonds is 4. The molecule has 0 saturated heterocycles. The lowest BCUT2D eigenvalue weighted by Gasteiger charge is -2.35. The second-order valence-corrected chi connectivity index (χ2v) is 9.09. The molecule has 0 amide bonds. The van der Waals surface area contributed by atoms with Gasteiger partial charge in [-0.25, -0.2) is 0 Å². The van der Waals surface area contributed by atoms with Gasteiger partial charge >= 0.3 is 0 Å². The Labute approximate surface area is 188 Å². The van der Waals surface area contributed by atoms with Crippen LogP contribution in [0.3, 0.4) is 0 Å². The topological polar surface area (TPSA) is 57.1 Å². The number of hydrogen-bond acceptors (Lipinski definition) is 3. The highest BCUT2D eigenvalue weighted by molar-refractivity contribution is 7.80. The van der Waals surface area contributed by atoms with Crippen LogP contribution in [0.5, 0.6) is 5.75 Å². The van der Waals surface area contributed by atoms with Crippen LogP contribution in [0.2, 0.25) is 0 Å². The summed E-state index contributed by atoms with van der Waals surface area (Å²) in [6, 6.07) is 24.5. The molecule has 0 bridgehead atoms. The fraction of sp³-hybridized carbons (Fsp3) is 0.231. The normalized spacial score (nSPS) is 16.5. The number of nitriles is 1. The van der Waals surface area contributed by atoms with E-state index < -0.39 is 0 Å². The molecule has 31 heavy (non-hydrogen) atoms. The molecule has 1 atom stereocenters. The van der Waals surface area contributed by atoms with Crippen LogP contribution in [0.1, 0.15) is 37.9 Å². The average molecular weight is 428 g/mol. The molecule has 5 heteroatoms. The maximum Gasteiger partial charge on any atom is 0.171 e. The first-order valence-corrected chi connectivity index (χ1v) is 10.7. The van der Waals surface area contributed by atoms with Gasteiger partial charge in [0.15, 0.2) is 5.11 Å². The zero-order valence-corrected chi connectivity index (χ0v) is 18.7. The Bertz CT molecular complexity index is 1210. The van der Waals surface area contributed by atoms with E-state index in [9.17, 15) is 5.26 Å². The standard InChI is InChI=1S/C26H25N3OS/c1-26(2,3)24-22(15-27)23(28-25(31)29-24)18-10-7-12-20(14-18)30-16-19-11-6-9-17-8-4-5-13-21(17)19/h4-14,23H,16H2,1-3H3,(H2,28,29,31)/t23-/m1/s1. The first-order chi connectivity index (χ1) is 14.9. The van der Waals surface area contributed by atoms with Gasteiger partial charge in [0.2, 0.25) is 0 Å². The van der Waals surface area contributed by atoms with E-state index in [0.29, 0.717) is 17.3 Å². The van der Waals surface area contributed by atoms with Gasteiger partial charge in [0.1, 0.15) is 12.4 Å². The van der Waals surface area contributed by atoms with Gasteiger partial charge in [-0.1, -0.05) is 75.4 Å². The van der Waals surface area contributed by atoms with Crippen LogP contribution in [0.25, 0.3) is 10.8 Å². The van der Waals surface area contributed by atoms with E-state index in [4.69, 9.17) is 17.0 Å². The van der Waals surface area contributed by atoms with E-state index in [1.54, 1.807) is 0 Å². The molecule has 1 heterocycles. The minimum absolute atomic E-state index is 0.224. The van der Waals surface area contributed by atoms with Crippen LogP contribution in [-0.2, 0) is 6.61 Å². The molecule has 0 unspecified atom stereocenters. The van der Waals surface area contributed by atoms with E-state index in [1.165, 1.54) is 10.8 Å². The van der Waals surface area contributed by atoms with Crippen molar-refractivity contribution in [3.05, 3.63) is 89.1 Å². The Morgan fingerprint density at radius 1 is 1.03 bits per heavy atom. The summed E-state index contributed by atoms with van der Waals surface area (Å²) >= 11 is 5.43.